The third-order valence-corrected chi connectivity index (χ3v) is 2.32. The van der Waals surface area contributed by atoms with E-state index in [1.165, 1.54) is 13.2 Å². The highest BCUT2D eigenvalue weighted by Gasteiger charge is 2.41. The topological polar surface area (TPSA) is 35.5 Å². The summed E-state index contributed by atoms with van der Waals surface area (Å²) < 4.78 is 71.0. The Labute approximate surface area is 111 Å². The second kappa shape index (κ2) is 6.65. The van der Waals surface area contributed by atoms with E-state index in [0.717, 1.165) is 12.1 Å². The summed E-state index contributed by atoms with van der Waals surface area (Å²) in [5.41, 5.74) is -0.397. The summed E-state index contributed by atoms with van der Waals surface area (Å²) in [4.78, 5) is 11.5. The van der Waals surface area contributed by atoms with E-state index in [9.17, 15) is 26.7 Å². The maximum absolute atomic E-state index is 13.5. The monoisotopic (exact) mass is 298 g/mol. The molecule has 0 fully saturated rings. The zero-order valence-corrected chi connectivity index (χ0v) is 10.3. The van der Waals surface area contributed by atoms with E-state index in [1.807, 2.05) is 0 Å². The standard InChI is InChI=1S/C12H11F5O3/c1-19-7-2-3-8(9(13)4-7)10(18)5-20-6-12(16,17)11(14)15/h2-4,11H,5-6H2,1H3. The molecule has 112 valence electrons. The van der Waals surface area contributed by atoms with Crippen LogP contribution in [0, 0.1) is 5.82 Å². The molecule has 8 heteroatoms. The van der Waals surface area contributed by atoms with Crippen molar-refractivity contribution in [2.45, 2.75) is 12.3 Å². The van der Waals surface area contributed by atoms with Crippen LogP contribution in [0.5, 0.6) is 5.75 Å². The van der Waals surface area contributed by atoms with E-state index < -0.39 is 42.7 Å². The fraction of sp³-hybridized carbons (Fsp3) is 0.417. The third kappa shape index (κ3) is 4.16. The summed E-state index contributed by atoms with van der Waals surface area (Å²) in [5, 5.41) is 0. The number of ether oxygens (including phenoxy) is 2. The van der Waals surface area contributed by atoms with Crippen LogP contribution in [0.3, 0.4) is 0 Å². The molecule has 0 amide bonds. The van der Waals surface area contributed by atoms with Crippen LogP contribution in [0.25, 0.3) is 0 Å². The highest BCUT2D eigenvalue weighted by molar-refractivity contribution is 5.97. The first-order chi connectivity index (χ1) is 9.27. The largest absolute Gasteiger partial charge is 0.497 e. The van der Waals surface area contributed by atoms with Crippen LogP contribution in [0.15, 0.2) is 18.2 Å². The van der Waals surface area contributed by atoms with E-state index in [4.69, 9.17) is 4.74 Å². The molecule has 0 bridgehead atoms. The van der Waals surface area contributed by atoms with Gasteiger partial charge in [-0.15, -0.1) is 0 Å². The number of methoxy groups -OCH3 is 1. The quantitative estimate of drug-likeness (QED) is 0.573. The van der Waals surface area contributed by atoms with E-state index in [1.54, 1.807) is 0 Å². The molecule has 20 heavy (non-hydrogen) atoms. The maximum atomic E-state index is 13.5. The fourth-order valence-electron chi connectivity index (χ4n) is 1.27. The summed E-state index contributed by atoms with van der Waals surface area (Å²) in [5.74, 6) is -6.03. The zero-order valence-electron chi connectivity index (χ0n) is 10.3. The van der Waals surface area contributed by atoms with Crippen LogP contribution < -0.4 is 4.74 Å². The predicted molar refractivity (Wildman–Crippen MR) is 59.1 cm³/mol. The minimum Gasteiger partial charge on any atom is -0.497 e. The van der Waals surface area contributed by atoms with Gasteiger partial charge in [0.25, 0.3) is 0 Å². The number of alkyl halides is 4. The maximum Gasteiger partial charge on any atom is 0.330 e. The SMILES string of the molecule is COc1ccc(C(=O)COCC(F)(F)C(F)F)c(F)c1. The minimum atomic E-state index is -4.35. The van der Waals surface area contributed by atoms with Gasteiger partial charge in [-0.2, -0.15) is 8.78 Å². The van der Waals surface area contributed by atoms with Crippen molar-refractivity contribution in [3.63, 3.8) is 0 Å². The van der Waals surface area contributed by atoms with Gasteiger partial charge in [-0.25, -0.2) is 13.2 Å². The molecule has 0 aromatic heterocycles. The van der Waals surface area contributed by atoms with E-state index >= 15 is 0 Å². The molecule has 0 spiro atoms. The minimum absolute atomic E-state index is 0.171. The molecule has 0 heterocycles. The van der Waals surface area contributed by atoms with Crippen molar-refractivity contribution >= 4 is 5.78 Å². The van der Waals surface area contributed by atoms with Crippen LogP contribution in [0.4, 0.5) is 22.0 Å². The smallest absolute Gasteiger partial charge is 0.330 e. The van der Waals surface area contributed by atoms with Gasteiger partial charge in [0.05, 0.1) is 12.7 Å². The number of benzene rings is 1. The molecule has 0 saturated heterocycles. The Morgan fingerprint density at radius 1 is 1.35 bits per heavy atom. The molecule has 0 aliphatic carbocycles. The zero-order chi connectivity index (χ0) is 15.3. The van der Waals surface area contributed by atoms with Gasteiger partial charge in [0, 0.05) is 6.07 Å². The number of halogens is 5. The van der Waals surface area contributed by atoms with Crippen molar-refractivity contribution in [1.29, 1.82) is 0 Å². The number of hydrogen-bond acceptors (Lipinski definition) is 3. The molecule has 0 saturated carbocycles. The molecule has 3 nitrogen and oxygen atoms in total. The number of hydrogen-bond donors (Lipinski definition) is 0. The lowest BCUT2D eigenvalue weighted by Crippen LogP contribution is -2.33. The first kappa shape index (κ1) is 16.4. The average Bonchev–Trinajstić information content (AvgIpc) is 2.37. The Morgan fingerprint density at radius 2 is 2.00 bits per heavy atom. The molecule has 0 aliphatic rings. The van der Waals surface area contributed by atoms with E-state index in [2.05, 4.69) is 4.74 Å². The van der Waals surface area contributed by atoms with Gasteiger partial charge in [-0.05, 0) is 12.1 Å². The molecule has 0 unspecified atom stereocenters. The highest BCUT2D eigenvalue weighted by atomic mass is 19.3. The van der Waals surface area contributed by atoms with Gasteiger partial charge in [0.15, 0.2) is 5.78 Å². The molecule has 0 atom stereocenters. The molecule has 1 aromatic rings. The van der Waals surface area contributed by atoms with Gasteiger partial charge >= 0.3 is 12.3 Å². The lowest BCUT2D eigenvalue weighted by Gasteiger charge is -2.14. The lowest BCUT2D eigenvalue weighted by molar-refractivity contribution is -0.163. The van der Waals surface area contributed by atoms with Crippen molar-refractivity contribution in [1.82, 2.24) is 0 Å². The average molecular weight is 298 g/mol. The summed E-state index contributed by atoms with van der Waals surface area (Å²) in [7, 11) is 1.30. The second-order valence-electron chi connectivity index (χ2n) is 3.82. The Hall–Kier alpha value is -1.70. The highest BCUT2D eigenvalue weighted by Crippen LogP contribution is 2.23. The molecular weight excluding hydrogens is 287 g/mol. The molecule has 1 rings (SSSR count). The Balaban J connectivity index is 2.60. The molecule has 0 radical (unpaired) electrons. The Morgan fingerprint density at radius 3 is 2.50 bits per heavy atom. The number of carbonyl (C=O) groups excluding carboxylic acids is 1. The first-order valence-corrected chi connectivity index (χ1v) is 5.38. The van der Waals surface area contributed by atoms with Crippen molar-refractivity contribution in [3.05, 3.63) is 29.6 Å². The van der Waals surface area contributed by atoms with E-state index in [0.29, 0.717) is 0 Å². The number of ketones is 1. The molecule has 1 aromatic carbocycles. The van der Waals surface area contributed by atoms with Crippen molar-refractivity contribution in [2.75, 3.05) is 20.3 Å². The number of Topliss-reactive ketones (excluding diaryl/α,β-unsaturated/α-hetero) is 1. The summed E-state index contributed by atoms with van der Waals surface area (Å²) in [6.45, 7) is -2.54. The third-order valence-electron chi connectivity index (χ3n) is 2.32. The van der Waals surface area contributed by atoms with Gasteiger partial charge < -0.3 is 9.47 Å². The Bertz CT molecular complexity index is 476. The summed E-state index contributed by atoms with van der Waals surface area (Å²) >= 11 is 0. The van der Waals surface area contributed by atoms with Gasteiger partial charge in [-0.3, -0.25) is 4.79 Å². The fourth-order valence-corrected chi connectivity index (χ4v) is 1.27. The first-order valence-electron chi connectivity index (χ1n) is 5.38. The van der Waals surface area contributed by atoms with Crippen molar-refractivity contribution in [3.8, 4) is 5.75 Å². The van der Waals surface area contributed by atoms with E-state index in [-0.39, 0.29) is 5.75 Å². The summed E-state index contributed by atoms with van der Waals surface area (Å²) in [6.07, 6.45) is -3.89. The van der Waals surface area contributed by atoms with Gasteiger partial charge in [-0.1, -0.05) is 0 Å². The van der Waals surface area contributed by atoms with Crippen LogP contribution >= 0.6 is 0 Å². The van der Waals surface area contributed by atoms with Crippen molar-refractivity contribution < 1.29 is 36.2 Å². The number of rotatable bonds is 7. The van der Waals surface area contributed by atoms with Crippen LogP contribution in [0.1, 0.15) is 10.4 Å². The molecular formula is C12H11F5O3. The normalized spacial score (nSPS) is 11.8. The van der Waals surface area contributed by atoms with Crippen LogP contribution in [0.2, 0.25) is 0 Å². The molecule has 0 aliphatic heterocycles. The van der Waals surface area contributed by atoms with Crippen LogP contribution in [-0.2, 0) is 4.74 Å². The van der Waals surface area contributed by atoms with Crippen LogP contribution in [-0.4, -0.2) is 38.5 Å². The summed E-state index contributed by atoms with van der Waals surface area (Å²) in [6, 6.07) is 3.32. The Kier molecular flexibility index (Phi) is 5.43. The predicted octanol–water partition coefficient (Wildman–Crippen LogP) is 2.93. The van der Waals surface area contributed by atoms with Gasteiger partial charge in [0.1, 0.15) is 24.8 Å². The number of carbonyl (C=O) groups is 1. The van der Waals surface area contributed by atoms with Crippen molar-refractivity contribution in [2.24, 2.45) is 0 Å². The molecule has 0 N–H and O–H groups in total. The second-order valence-corrected chi connectivity index (χ2v) is 3.82. The van der Waals surface area contributed by atoms with Gasteiger partial charge in [0.2, 0.25) is 0 Å². The lowest BCUT2D eigenvalue weighted by atomic mass is 10.1.